The van der Waals surface area contributed by atoms with Crippen molar-refractivity contribution in [2.45, 2.75) is 0 Å². The van der Waals surface area contributed by atoms with Crippen molar-refractivity contribution < 1.29 is 90.8 Å². The molecule has 0 aliphatic heterocycles. The van der Waals surface area contributed by atoms with Gasteiger partial charge in [-0.15, -0.1) is 0 Å². The van der Waals surface area contributed by atoms with Crippen LogP contribution < -0.4 is 14.0 Å². The van der Waals surface area contributed by atoms with Gasteiger partial charge in [0.2, 0.25) is 0 Å². The minimum Gasteiger partial charge on any atom is -0.508 e. The van der Waals surface area contributed by atoms with Crippen molar-refractivity contribution in [3.8, 4) is 0 Å². The quantitative estimate of drug-likeness (QED) is 0.423. The van der Waals surface area contributed by atoms with E-state index in [0.717, 1.165) is 0 Å². The van der Waals surface area contributed by atoms with Gasteiger partial charge < -0.3 is 46.8 Å². The molecule has 0 aliphatic carbocycles. The fourth-order valence-electron chi connectivity index (χ4n) is 0.130. The van der Waals surface area contributed by atoms with Gasteiger partial charge >= 0.3 is 49.1 Å². The Bertz CT molecular complexity index is 59.0. The van der Waals surface area contributed by atoms with Crippen LogP contribution in [0.15, 0.2) is 0 Å². The Labute approximate surface area is 106 Å². The molecule has 0 aromatic carbocycles. The third-order valence-electron chi connectivity index (χ3n) is 0.327. The van der Waals surface area contributed by atoms with Gasteiger partial charge in [0.15, 0.2) is 0 Å². The fraction of sp³-hybridized carbons (Fsp3) is 0. The van der Waals surface area contributed by atoms with Crippen molar-refractivity contribution in [2.24, 2.45) is 0 Å². The molecule has 0 aromatic heterocycles. The molecule has 0 bridgehead atoms. The summed E-state index contributed by atoms with van der Waals surface area (Å²) >= 11 is -2.42. The van der Waals surface area contributed by atoms with Gasteiger partial charge in [-0.05, 0) is 0 Å². The van der Waals surface area contributed by atoms with Gasteiger partial charge in [-0.1, -0.05) is 0 Å². The van der Waals surface area contributed by atoms with Crippen LogP contribution in [0.1, 0.15) is 0 Å². The highest BCUT2D eigenvalue weighted by Gasteiger charge is 2.50. The standard InChI is InChI=1S/Al.3ClO2.6H2O/c;3*2-1-3;;;;;;/h;;;;6*1H2/q+3;3*-1;;;;;;. The van der Waals surface area contributed by atoms with Crippen LogP contribution in [0.5, 0.6) is 0 Å². The molecule has 0 saturated carbocycles. The first kappa shape index (κ1) is 43.6. The topological polar surface area (TPSA) is 286 Å². The maximum absolute atomic E-state index is 9.57. The Kier molecular flexibility index (Phi) is 98.1. The number of rotatable bonds is 6. The monoisotopic (exact) mass is 336 g/mol. The molecule has 0 fully saturated rings. The van der Waals surface area contributed by atoms with Crippen LogP contribution >= 0.6 is 0 Å². The normalized spacial score (nSPS) is 6.19. The first-order valence-electron chi connectivity index (χ1n) is 1.63. The highest BCUT2D eigenvalue weighted by atomic mass is 35.6. The zero-order valence-electron chi connectivity index (χ0n) is 7.16. The van der Waals surface area contributed by atoms with Crippen LogP contribution in [-0.2, 0) is 10.0 Å². The predicted octanol–water partition coefficient (Wildman–Crippen LogP) is -9.10. The first-order chi connectivity index (χ1) is 4.85. The van der Waals surface area contributed by atoms with E-state index in [1.54, 1.807) is 0 Å². The molecule has 12 nitrogen and oxygen atoms in total. The smallest absolute Gasteiger partial charge is 0.508 e. The summed E-state index contributed by atoms with van der Waals surface area (Å²) in [4.78, 5) is 0. The zero-order valence-corrected chi connectivity index (χ0v) is 10.6. The minimum atomic E-state index is -2.86. The van der Waals surface area contributed by atoms with Crippen LogP contribution in [0, 0.1) is 34.0 Å². The van der Waals surface area contributed by atoms with Crippen LogP contribution in [0.25, 0.3) is 0 Å². The lowest BCUT2D eigenvalue weighted by molar-refractivity contribution is -1.29. The molecule has 0 saturated heterocycles. The highest BCUT2D eigenvalue weighted by Crippen LogP contribution is 1.90. The van der Waals surface area contributed by atoms with E-state index < -0.39 is 15.1 Å². The van der Waals surface area contributed by atoms with E-state index in [1.165, 1.54) is 0 Å². The Morgan fingerprint density at radius 1 is 0.562 bits per heavy atom. The highest BCUT2D eigenvalue weighted by molar-refractivity contribution is 6.34. The molecule has 12 N–H and O–H groups in total. The number of halogens is 3. The van der Waals surface area contributed by atoms with E-state index in [4.69, 9.17) is 0 Å². The minimum absolute atomic E-state index is 0. The second-order valence-electron chi connectivity index (χ2n) is 0.745. The molecule has 16 heavy (non-hydrogen) atoms. The van der Waals surface area contributed by atoms with Gasteiger partial charge in [0.25, 0.3) is 0 Å². The van der Waals surface area contributed by atoms with Gasteiger partial charge in [0.1, 0.15) is 0 Å². The molecule has 0 amide bonds. The second-order valence-corrected chi connectivity index (χ2v) is 3.84. The van der Waals surface area contributed by atoms with Crippen molar-refractivity contribution in [3.05, 3.63) is 0 Å². The summed E-state index contributed by atoms with van der Waals surface area (Å²) in [5, 5.41) is 0. The van der Waals surface area contributed by atoms with Crippen molar-refractivity contribution >= 4 is 15.1 Å². The van der Waals surface area contributed by atoms with Gasteiger partial charge in [0.05, 0.1) is 0 Å². The average Bonchev–Trinajstić information content (AvgIpc) is 1.90. The van der Waals surface area contributed by atoms with Crippen LogP contribution in [0.2, 0.25) is 0 Å². The Morgan fingerprint density at radius 2 is 0.750 bits per heavy atom. The van der Waals surface area contributed by atoms with E-state index in [2.05, 4.69) is 10.0 Å². The summed E-state index contributed by atoms with van der Waals surface area (Å²) in [5.41, 5.74) is 0. The molecule has 0 spiro atoms. The summed E-state index contributed by atoms with van der Waals surface area (Å²) in [6.07, 6.45) is 0. The van der Waals surface area contributed by atoms with Crippen molar-refractivity contribution in [2.75, 3.05) is 0 Å². The second kappa shape index (κ2) is 36.0. The molecule has 0 radical (unpaired) electrons. The molecule has 16 heteroatoms. The maximum atomic E-state index is 9.57. The van der Waals surface area contributed by atoms with Crippen LogP contribution in [0.3, 0.4) is 0 Å². The van der Waals surface area contributed by atoms with E-state index in [1.807, 2.05) is 0 Å². The summed E-state index contributed by atoms with van der Waals surface area (Å²) in [6, 6.07) is 0. The lowest BCUT2D eigenvalue weighted by Gasteiger charge is -1.87. The molecule has 0 aliphatic rings. The number of hydrogen-bond acceptors (Lipinski definition) is 6. The van der Waals surface area contributed by atoms with E-state index in [0.29, 0.717) is 0 Å². The SMILES string of the molecule is O.O.O.O.O.O.[O-][Cl+][O][Al]([O][Cl+][O-])[O][Cl+][O-]. The zero-order chi connectivity index (χ0) is 7.82. The first-order valence-corrected chi connectivity index (χ1v) is 4.90. The van der Waals surface area contributed by atoms with E-state index in [9.17, 15) is 14.0 Å². The van der Waals surface area contributed by atoms with Gasteiger partial charge in [-0.2, -0.15) is 10.0 Å². The summed E-state index contributed by atoms with van der Waals surface area (Å²) in [6.45, 7) is 0. The van der Waals surface area contributed by atoms with Crippen molar-refractivity contribution in [1.82, 2.24) is 0 Å². The number of hydrogen-bond donors (Lipinski definition) is 0. The molecular formula is H12AlCl3O12. The summed E-state index contributed by atoms with van der Waals surface area (Å²) in [7, 11) is 0. The lowest BCUT2D eigenvalue weighted by atomic mass is 15.7. The average molecular weight is 337 g/mol. The molecule has 0 unspecified atom stereocenters. The molecule has 0 rings (SSSR count). The lowest BCUT2D eigenvalue weighted by Crippen LogP contribution is -2.32. The van der Waals surface area contributed by atoms with E-state index >= 15 is 0 Å². The third-order valence-corrected chi connectivity index (χ3v) is 2.95. The third kappa shape index (κ3) is 29.4. The molecule has 108 valence electrons. The molecule has 0 aromatic rings. The summed E-state index contributed by atoms with van der Waals surface area (Å²) in [5.74, 6) is 0. The van der Waals surface area contributed by atoms with E-state index in [-0.39, 0.29) is 66.8 Å². The predicted molar refractivity (Wildman–Crippen MR) is 30.7 cm³/mol. The Balaban J connectivity index is -0.0000000270. The van der Waals surface area contributed by atoms with Gasteiger partial charge in [-0.3, -0.25) is 0 Å². The van der Waals surface area contributed by atoms with Crippen LogP contribution in [-0.4, -0.2) is 48.0 Å². The largest absolute Gasteiger partial charge is 1.08 e. The van der Waals surface area contributed by atoms with Gasteiger partial charge in [-0.25, -0.2) is 0 Å². The Hall–Kier alpha value is 0.922. The van der Waals surface area contributed by atoms with Gasteiger partial charge in [0, 0.05) is 0 Å². The maximum Gasteiger partial charge on any atom is 1.08 e. The Morgan fingerprint density at radius 3 is 0.875 bits per heavy atom. The summed E-state index contributed by atoms with van der Waals surface area (Å²) < 4.78 is 40.9. The molecular weight excluding hydrogens is 325 g/mol. The fourth-order valence-corrected chi connectivity index (χ4v) is 1.92. The van der Waals surface area contributed by atoms with Crippen molar-refractivity contribution in [3.63, 3.8) is 0 Å². The van der Waals surface area contributed by atoms with Crippen molar-refractivity contribution in [1.29, 1.82) is 0 Å². The molecule has 0 heterocycles. The molecule has 0 atom stereocenters. The van der Waals surface area contributed by atoms with Crippen LogP contribution in [0.4, 0.5) is 0 Å².